The van der Waals surface area contributed by atoms with E-state index in [1.54, 1.807) is 12.1 Å². The van der Waals surface area contributed by atoms with Gasteiger partial charge >= 0.3 is 0 Å². The van der Waals surface area contributed by atoms with E-state index in [1.807, 2.05) is 6.92 Å². The molecule has 0 atom stereocenters. The summed E-state index contributed by atoms with van der Waals surface area (Å²) in [5, 5.41) is 21.1. The molecule has 0 aliphatic heterocycles. The maximum atomic E-state index is 9.16. The van der Waals surface area contributed by atoms with Crippen LogP contribution in [0, 0.1) is 18.3 Å². The zero-order valence-electron chi connectivity index (χ0n) is 8.62. The molecule has 1 aromatic heterocycles. The van der Waals surface area contributed by atoms with Crippen LogP contribution >= 0.6 is 0 Å². The predicted octanol–water partition coefficient (Wildman–Crippen LogP) is 1.20. The molecule has 0 saturated heterocycles. The number of anilines is 1. The summed E-state index contributed by atoms with van der Waals surface area (Å²) in [4.78, 5) is 4.28. The number of nitrogens with zero attached hydrogens (tertiary/aromatic N) is 2. The molecule has 1 aliphatic carbocycles. The van der Waals surface area contributed by atoms with Gasteiger partial charge in [-0.2, -0.15) is 5.26 Å². The zero-order valence-corrected chi connectivity index (χ0v) is 8.62. The van der Waals surface area contributed by atoms with E-state index in [0.29, 0.717) is 11.4 Å². The third kappa shape index (κ3) is 2.08. The van der Waals surface area contributed by atoms with Crippen molar-refractivity contribution in [2.45, 2.75) is 25.3 Å². The van der Waals surface area contributed by atoms with Crippen molar-refractivity contribution in [3.63, 3.8) is 0 Å². The monoisotopic (exact) mass is 203 g/mol. The third-order valence-electron chi connectivity index (χ3n) is 2.63. The lowest BCUT2D eigenvalue weighted by molar-refractivity contribution is 0.266. The highest BCUT2D eigenvalue weighted by Crippen LogP contribution is 2.37. The van der Waals surface area contributed by atoms with Crippen molar-refractivity contribution in [1.29, 1.82) is 5.26 Å². The Bertz CT molecular complexity index is 418. The molecule has 78 valence electrons. The van der Waals surface area contributed by atoms with E-state index < -0.39 is 0 Å². The Morgan fingerprint density at radius 1 is 1.60 bits per heavy atom. The average Bonchev–Trinajstić information content (AvgIpc) is 2.97. The van der Waals surface area contributed by atoms with Crippen LogP contribution in [0.4, 0.5) is 5.82 Å². The minimum absolute atomic E-state index is 0.116. The minimum atomic E-state index is -0.187. The number of hydrogen-bond donors (Lipinski definition) is 2. The minimum Gasteiger partial charge on any atom is -0.394 e. The van der Waals surface area contributed by atoms with Gasteiger partial charge in [0.1, 0.15) is 5.82 Å². The lowest BCUT2D eigenvalue weighted by Crippen LogP contribution is -2.26. The van der Waals surface area contributed by atoms with E-state index in [0.717, 1.165) is 18.5 Å². The summed E-state index contributed by atoms with van der Waals surface area (Å²) in [7, 11) is 0. The fraction of sp³-hybridized carbons (Fsp3) is 0.455. The molecular weight excluding hydrogens is 190 g/mol. The first kappa shape index (κ1) is 9.94. The molecular formula is C11H13N3O. The van der Waals surface area contributed by atoms with Gasteiger partial charge in [0.05, 0.1) is 23.8 Å². The van der Waals surface area contributed by atoms with E-state index in [4.69, 9.17) is 10.4 Å². The number of aryl methyl sites for hydroxylation is 1. The van der Waals surface area contributed by atoms with Gasteiger partial charge in [-0.1, -0.05) is 0 Å². The highest BCUT2D eigenvalue weighted by Gasteiger charge is 2.42. The number of aliphatic hydroxyl groups is 1. The Morgan fingerprint density at radius 2 is 2.33 bits per heavy atom. The Morgan fingerprint density at radius 3 is 2.87 bits per heavy atom. The van der Waals surface area contributed by atoms with E-state index in [9.17, 15) is 0 Å². The molecule has 2 rings (SSSR count). The van der Waals surface area contributed by atoms with Crippen LogP contribution in [0.1, 0.15) is 24.1 Å². The fourth-order valence-corrected chi connectivity index (χ4v) is 1.54. The van der Waals surface area contributed by atoms with Crippen molar-refractivity contribution >= 4 is 5.82 Å². The Balaban J connectivity index is 2.22. The summed E-state index contributed by atoms with van der Waals surface area (Å²) in [6.07, 6.45) is 1.92. The lowest BCUT2D eigenvalue weighted by atomic mass is 10.2. The van der Waals surface area contributed by atoms with Gasteiger partial charge < -0.3 is 10.4 Å². The maximum absolute atomic E-state index is 9.16. The van der Waals surface area contributed by atoms with Crippen LogP contribution in [0.15, 0.2) is 12.1 Å². The van der Waals surface area contributed by atoms with Crippen LogP contribution in [0.2, 0.25) is 0 Å². The van der Waals surface area contributed by atoms with Crippen molar-refractivity contribution < 1.29 is 5.11 Å². The second kappa shape index (κ2) is 3.52. The van der Waals surface area contributed by atoms with Crippen LogP contribution < -0.4 is 5.32 Å². The van der Waals surface area contributed by atoms with Gasteiger partial charge in [0, 0.05) is 5.69 Å². The third-order valence-corrected chi connectivity index (χ3v) is 2.63. The molecule has 1 aliphatic rings. The van der Waals surface area contributed by atoms with Crippen LogP contribution in [0.3, 0.4) is 0 Å². The standard InChI is InChI=1S/C11H13N3O/c1-8-4-9(6-12)5-10(13-8)14-11(7-15)2-3-11/h4-5,15H,2-3,7H2,1H3,(H,13,14). The van der Waals surface area contributed by atoms with Gasteiger partial charge in [-0.3, -0.25) is 0 Å². The number of pyridine rings is 1. The normalized spacial score (nSPS) is 16.9. The second-order valence-corrected chi connectivity index (χ2v) is 4.06. The largest absolute Gasteiger partial charge is 0.394 e. The van der Waals surface area contributed by atoms with Crippen molar-refractivity contribution in [3.8, 4) is 6.07 Å². The summed E-state index contributed by atoms with van der Waals surface area (Å²) in [5.41, 5.74) is 1.22. The zero-order chi connectivity index (χ0) is 10.9. The van der Waals surface area contributed by atoms with E-state index >= 15 is 0 Å². The smallest absolute Gasteiger partial charge is 0.128 e. The van der Waals surface area contributed by atoms with E-state index in [2.05, 4.69) is 16.4 Å². The molecule has 2 N–H and O–H groups in total. The molecule has 15 heavy (non-hydrogen) atoms. The van der Waals surface area contributed by atoms with Crippen molar-refractivity contribution in [1.82, 2.24) is 4.98 Å². The Kier molecular flexibility index (Phi) is 2.33. The summed E-state index contributed by atoms with van der Waals surface area (Å²) >= 11 is 0. The van der Waals surface area contributed by atoms with Crippen molar-refractivity contribution in [2.75, 3.05) is 11.9 Å². The fourth-order valence-electron chi connectivity index (χ4n) is 1.54. The van der Waals surface area contributed by atoms with Crippen LogP contribution in [-0.4, -0.2) is 22.2 Å². The van der Waals surface area contributed by atoms with Crippen molar-refractivity contribution in [3.05, 3.63) is 23.4 Å². The molecule has 4 nitrogen and oxygen atoms in total. The highest BCUT2D eigenvalue weighted by molar-refractivity contribution is 5.47. The van der Waals surface area contributed by atoms with Gasteiger partial charge in [0.15, 0.2) is 0 Å². The number of hydrogen-bond acceptors (Lipinski definition) is 4. The second-order valence-electron chi connectivity index (χ2n) is 4.06. The molecule has 0 bridgehead atoms. The lowest BCUT2D eigenvalue weighted by Gasteiger charge is -2.15. The number of nitriles is 1. The van der Waals surface area contributed by atoms with Gasteiger partial charge in [-0.05, 0) is 31.9 Å². The van der Waals surface area contributed by atoms with Gasteiger partial charge in [0.2, 0.25) is 0 Å². The van der Waals surface area contributed by atoms with Crippen LogP contribution in [0.5, 0.6) is 0 Å². The molecule has 1 fully saturated rings. The molecule has 0 amide bonds. The summed E-state index contributed by atoms with van der Waals surface area (Å²) in [6.45, 7) is 1.97. The maximum Gasteiger partial charge on any atom is 0.128 e. The molecule has 1 aromatic rings. The first-order valence-corrected chi connectivity index (χ1v) is 4.95. The molecule has 1 heterocycles. The van der Waals surface area contributed by atoms with Crippen molar-refractivity contribution in [2.24, 2.45) is 0 Å². The molecule has 0 spiro atoms. The molecule has 0 aromatic carbocycles. The molecule has 0 unspecified atom stereocenters. The SMILES string of the molecule is Cc1cc(C#N)cc(NC2(CO)CC2)n1. The molecule has 1 saturated carbocycles. The first-order valence-electron chi connectivity index (χ1n) is 4.95. The highest BCUT2D eigenvalue weighted by atomic mass is 16.3. The number of aromatic nitrogens is 1. The van der Waals surface area contributed by atoms with Crippen LogP contribution in [-0.2, 0) is 0 Å². The Labute approximate surface area is 88.6 Å². The Hall–Kier alpha value is -1.60. The molecule has 0 radical (unpaired) electrons. The number of nitrogens with one attached hydrogen (secondary N) is 1. The van der Waals surface area contributed by atoms with Gasteiger partial charge in [-0.15, -0.1) is 0 Å². The quantitative estimate of drug-likeness (QED) is 0.774. The average molecular weight is 203 g/mol. The summed E-state index contributed by atoms with van der Waals surface area (Å²) in [6, 6.07) is 5.54. The van der Waals surface area contributed by atoms with Gasteiger partial charge in [0.25, 0.3) is 0 Å². The van der Waals surface area contributed by atoms with Gasteiger partial charge in [-0.25, -0.2) is 4.98 Å². The van der Waals surface area contributed by atoms with E-state index in [1.165, 1.54) is 0 Å². The number of aliphatic hydroxyl groups excluding tert-OH is 1. The first-order chi connectivity index (χ1) is 7.17. The number of rotatable bonds is 3. The summed E-state index contributed by atoms with van der Waals surface area (Å²) < 4.78 is 0. The van der Waals surface area contributed by atoms with E-state index in [-0.39, 0.29) is 12.1 Å². The molecule has 4 heteroatoms. The van der Waals surface area contributed by atoms with Crippen LogP contribution in [0.25, 0.3) is 0 Å². The predicted molar refractivity (Wildman–Crippen MR) is 56.4 cm³/mol. The topological polar surface area (TPSA) is 68.9 Å². The summed E-state index contributed by atoms with van der Waals surface area (Å²) in [5.74, 6) is 0.679.